The largest absolute Gasteiger partial charge is 0.416 e. The molecule has 0 bridgehead atoms. The monoisotopic (exact) mass is 231 g/mol. The van der Waals surface area contributed by atoms with E-state index in [9.17, 15) is 13.2 Å². The van der Waals surface area contributed by atoms with Crippen LogP contribution >= 0.6 is 0 Å². The lowest BCUT2D eigenvalue weighted by molar-refractivity contribution is -0.137. The smallest absolute Gasteiger partial charge is 0.316 e. The van der Waals surface area contributed by atoms with Crippen molar-refractivity contribution in [2.45, 2.75) is 25.9 Å². The van der Waals surface area contributed by atoms with Gasteiger partial charge in [0.05, 0.1) is 5.56 Å². The minimum atomic E-state index is -4.25. The van der Waals surface area contributed by atoms with Crippen LogP contribution < -0.4 is 5.32 Å². The molecule has 0 heterocycles. The van der Waals surface area contributed by atoms with Crippen molar-refractivity contribution in [3.05, 3.63) is 35.4 Å². The molecule has 0 saturated carbocycles. The molecule has 90 valence electrons. The van der Waals surface area contributed by atoms with Gasteiger partial charge in [-0.1, -0.05) is 26.0 Å². The van der Waals surface area contributed by atoms with Crippen LogP contribution in [0.15, 0.2) is 24.3 Å². The number of nitrogens with one attached hydrogen (secondary N) is 1. The van der Waals surface area contributed by atoms with E-state index >= 15 is 0 Å². The molecule has 1 unspecified atom stereocenters. The summed E-state index contributed by atoms with van der Waals surface area (Å²) in [4.78, 5) is 0. The van der Waals surface area contributed by atoms with Gasteiger partial charge in [-0.25, -0.2) is 0 Å². The quantitative estimate of drug-likeness (QED) is 0.837. The molecule has 1 N–H and O–H groups in total. The van der Waals surface area contributed by atoms with Crippen LogP contribution in [0.2, 0.25) is 0 Å². The molecule has 0 aromatic heterocycles. The summed E-state index contributed by atoms with van der Waals surface area (Å²) < 4.78 is 36.9. The molecular weight excluding hydrogens is 215 g/mol. The summed E-state index contributed by atoms with van der Waals surface area (Å²) in [7, 11) is 0. The molecule has 0 saturated heterocycles. The lowest BCUT2D eigenvalue weighted by atomic mass is 10.00. The van der Waals surface area contributed by atoms with Gasteiger partial charge in [-0.15, -0.1) is 0 Å². The second kappa shape index (κ2) is 5.34. The van der Waals surface area contributed by atoms with E-state index in [4.69, 9.17) is 0 Å². The van der Waals surface area contributed by atoms with Crippen LogP contribution in [-0.4, -0.2) is 13.1 Å². The fraction of sp³-hybridized carbons (Fsp3) is 0.500. The Bertz CT molecular complexity index is 316. The third kappa shape index (κ3) is 3.52. The van der Waals surface area contributed by atoms with Crippen LogP contribution in [0.5, 0.6) is 0 Å². The van der Waals surface area contributed by atoms with Crippen molar-refractivity contribution in [1.82, 2.24) is 5.32 Å². The minimum Gasteiger partial charge on any atom is -0.316 e. The Hall–Kier alpha value is -1.03. The summed E-state index contributed by atoms with van der Waals surface area (Å²) in [6.07, 6.45) is -4.25. The maximum atomic E-state index is 12.3. The summed E-state index contributed by atoms with van der Waals surface area (Å²) in [6, 6.07) is 5.37. The highest BCUT2D eigenvalue weighted by Gasteiger charge is 2.30. The third-order valence-corrected chi connectivity index (χ3v) is 2.51. The first-order valence-corrected chi connectivity index (χ1v) is 5.33. The van der Waals surface area contributed by atoms with E-state index in [1.807, 2.05) is 13.8 Å². The number of halogens is 3. The number of likely N-dealkylation sites (N-methyl/N-ethyl adjacent to an activating group) is 1. The summed E-state index contributed by atoms with van der Waals surface area (Å²) >= 11 is 0. The Labute approximate surface area is 93.7 Å². The molecule has 16 heavy (non-hydrogen) atoms. The van der Waals surface area contributed by atoms with E-state index in [2.05, 4.69) is 5.32 Å². The lowest BCUT2D eigenvalue weighted by Gasteiger charge is -2.13. The van der Waals surface area contributed by atoms with Crippen molar-refractivity contribution in [2.75, 3.05) is 13.1 Å². The first-order valence-electron chi connectivity index (χ1n) is 5.33. The van der Waals surface area contributed by atoms with Crippen LogP contribution in [-0.2, 0) is 6.18 Å². The fourth-order valence-electron chi connectivity index (χ4n) is 1.48. The predicted octanol–water partition coefficient (Wildman–Crippen LogP) is 3.42. The van der Waals surface area contributed by atoms with E-state index in [1.54, 1.807) is 12.1 Å². The van der Waals surface area contributed by atoms with Crippen LogP contribution in [0.25, 0.3) is 0 Å². The molecular formula is C12H16F3N. The zero-order valence-corrected chi connectivity index (χ0v) is 9.43. The molecule has 1 atom stereocenters. The van der Waals surface area contributed by atoms with Gasteiger partial charge in [0.15, 0.2) is 0 Å². The molecule has 0 radical (unpaired) electrons. The Kier molecular flexibility index (Phi) is 4.35. The van der Waals surface area contributed by atoms with Crippen LogP contribution in [0.4, 0.5) is 13.2 Å². The highest BCUT2D eigenvalue weighted by atomic mass is 19.4. The maximum absolute atomic E-state index is 12.3. The van der Waals surface area contributed by atoms with E-state index in [0.717, 1.165) is 30.8 Å². The normalized spacial score (nSPS) is 13.8. The van der Waals surface area contributed by atoms with Crippen molar-refractivity contribution in [2.24, 2.45) is 0 Å². The third-order valence-electron chi connectivity index (χ3n) is 2.51. The van der Waals surface area contributed by atoms with Crippen molar-refractivity contribution in [1.29, 1.82) is 0 Å². The van der Waals surface area contributed by atoms with Gasteiger partial charge in [-0.05, 0) is 30.2 Å². The molecule has 0 fully saturated rings. The highest BCUT2D eigenvalue weighted by molar-refractivity contribution is 5.26. The highest BCUT2D eigenvalue weighted by Crippen LogP contribution is 2.30. The zero-order chi connectivity index (χ0) is 12.2. The number of hydrogen-bond acceptors (Lipinski definition) is 1. The van der Waals surface area contributed by atoms with Crippen molar-refractivity contribution < 1.29 is 13.2 Å². The average Bonchev–Trinajstić information content (AvgIpc) is 2.25. The Morgan fingerprint density at radius 2 is 1.75 bits per heavy atom. The Balaban J connectivity index is 2.71. The molecule has 0 aliphatic rings. The standard InChI is InChI=1S/C12H16F3N/c1-3-16-8-9(2)10-4-6-11(7-5-10)12(13,14)15/h4-7,9,16H,3,8H2,1-2H3. The van der Waals surface area contributed by atoms with Crippen molar-refractivity contribution >= 4 is 0 Å². The molecule has 0 aliphatic heterocycles. The van der Waals surface area contributed by atoms with Crippen LogP contribution in [0.3, 0.4) is 0 Å². The zero-order valence-electron chi connectivity index (χ0n) is 9.43. The average molecular weight is 231 g/mol. The van der Waals surface area contributed by atoms with Crippen LogP contribution in [0.1, 0.15) is 30.9 Å². The van der Waals surface area contributed by atoms with Gasteiger partial charge in [0.1, 0.15) is 0 Å². The van der Waals surface area contributed by atoms with E-state index in [1.165, 1.54) is 0 Å². The second-order valence-corrected chi connectivity index (χ2v) is 3.83. The molecule has 1 nitrogen and oxygen atoms in total. The lowest BCUT2D eigenvalue weighted by Crippen LogP contribution is -2.19. The van der Waals surface area contributed by atoms with Gasteiger partial charge >= 0.3 is 6.18 Å². The maximum Gasteiger partial charge on any atom is 0.416 e. The molecule has 1 aromatic rings. The van der Waals surface area contributed by atoms with Gasteiger partial charge < -0.3 is 5.32 Å². The Morgan fingerprint density at radius 3 is 2.19 bits per heavy atom. The number of alkyl halides is 3. The van der Waals surface area contributed by atoms with E-state index in [-0.39, 0.29) is 5.92 Å². The van der Waals surface area contributed by atoms with E-state index in [0.29, 0.717) is 0 Å². The van der Waals surface area contributed by atoms with Gasteiger partial charge in [0.2, 0.25) is 0 Å². The second-order valence-electron chi connectivity index (χ2n) is 3.83. The van der Waals surface area contributed by atoms with Crippen molar-refractivity contribution in [3.63, 3.8) is 0 Å². The summed E-state index contributed by atoms with van der Waals surface area (Å²) in [6.45, 7) is 5.64. The van der Waals surface area contributed by atoms with Gasteiger partial charge in [0.25, 0.3) is 0 Å². The fourth-order valence-corrected chi connectivity index (χ4v) is 1.48. The molecule has 1 aromatic carbocycles. The summed E-state index contributed by atoms with van der Waals surface area (Å²) in [5, 5.41) is 3.17. The molecule has 0 amide bonds. The number of rotatable bonds is 4. The first kappa shape index (κ1) is 13.0. The van der Waals surface area contributed by atoms with Gasteiger partial charge in [-0.2, -0.15) is 13.2 Å². The van der Waals surface area contributed by atoms with Crippen molar-refractivity contribution in [3.8, 4) is 0 Å². The number of benzene rings is 1. The topological polar surface area (TPSA) is 12.0 Å². The van der Waals surface area contributed by atoms with Crippen LogP contribution in [0, 0.1) is 0 Å². The number of hydrogen-bond donors (Lipinski definition) is 1. The summed E-state index contributed by atoms with van der Waals surface area (Å²) in [5.74, 6) is 0.224. The predicted molar refractivity (Wildman–Crippen MR) is 58.4 cm³/mol. The summed E-state index contributed by atoms with van der Waals surface area (Å²) in [5.41, 5.74) is 0.334. The SMILES string of the molecule is CCNCC(C)c1ccc(C(F)(F)F)cc1. The first-order chi connectivity index (χ1) is 7.45. The molecule has 1 rings (SSSR count). The minimum absolute atomic E-state index is 0.224. The molecule has 0 aliphatic carbocycles. The van der Waals surface area contributed by atoms with E-state index < -0.39 is 11.7 Å². The van der Waals surface area contributed by atoms with Gasteiger partial charge in [-0.3, -0.25) is 0 Å². The molecule has 0 spiro atoms. The van der Waals surface area contributed by atoms with Gasteiger partial charge in [0, 0.05) is 6.54 Å². The Morgan fingerprint density at radius 1 is 1.19 bits per heavy atom. The molecule has 4 heteroatoms.